The number of halogens is 1. The minimum atomic E-state index is -0.335. The van der Waals surface area contributed by atoms with Gasteiger partial charge in [0, 0.05) is 23.0 Å². The van der Waals surface area contributed by atoms with E-state index >= 15 is 0 Å². The van der Waals surface area contributed by atoms with Gasteiger partial charge in [-0.15, -0.1) is 11.3 Å². The van der Waals surface area contributed by atoms with E-state index in [-0.39, 0.29) is 49.7 Å². The van der Waals surface area contributed by atoms with E-state index in [0.717, 1.165) is 12.0 Å². The van der Waals surface area contributed by atoms with Gasteiger partial charge in [0.1, 0.15) is 24.7 Å². The van der Waals surface area contributed by atoms with Crippen LogP contribution in [0, 0.1) is 5.82 Å². The first-order valence-electron chi connectivity index (χ1n) is 11.9. The van der Waals surface area contributed by atoms with E-state index in [1.807, 2.05) is 25.3 Å². The Morgan fingerprint density at radius 3 is 2.69 bits per heavy atom. The minimum absolute atomic E-state index is 0.0581. The Morgan fingerprint density at radius 2 is 1.92 bits per heavy atom. The molecule has 0 saturated carbocycles. The molecule has 0 saturated heterocycles. The molecule has 0 bridgehead atoms. The van der Waals surface area contributed by atoms with Gasteiger partial charge < -0.3 is 24.0 Å². The van der Waals surface area contributed by atoms with Gasteiger partial charge in [0.2, 0.25) is 12.7 Å². The lowest BCUT2D eigenvalue weighted by Gasteiger charge is -2.37. The van der Waals surface area contributed by atoms with E-state index in [4.69, 9.17) is 14.2 Å². The highest BCUT2D eigenvalue weighted by Gasteiger charge is 2.34. The van der Waals surface area contributed by atoms with E-state index in [0.29, 0.717) is 29.4 Å². The highest BCUT2D eigenvalue weighted by Crippen LogP contribution is 2.35. The van der Waals surface area contributed by atoms with Crippen LogP contribution in [0.15, 0.2) is 53.9 Å². The fourth-order valence-electron chi connectivity index (χ4n) is 4.50. The molecule has 188 valence electrons. The van der Waals surface area contributed by atoms with E-state index in [1.165, 1.54) is 17.0 Å². The zero-order valence-corrected chi connectivity index (χ0v) is 20.9. The Morgan fingerprint density at radius 1 is 1.14 bits per heavy atom. The van der Waals surface area contributed by atoms with Gasteiger partial charge in [-0.1, -0.05) is 0 Å². The molecular weight excluding hydrogens is 483 g/mol. The molecule has 36 heavy (non-hydrogen) atoms. The maximum atomic E-state index is 13.6. The van der Waals surface area contributed by atoms with Crippen molar-refractivity contribution >= 4 is 23.2 Å². The quantitative estimate of drug-likeness (QED) is 0.462. The number of thiophene rings is 1. The van der Waals surface area contributed by atoms with Gasteiger partial charge in [0.15, 0.2) is 11.5 Å². The van der Waals surface area contributed by atoms with Crippen LogP contribution in [0.4, 0.5) is 4.39 Å². The molecule has 2 aliphatic rings. The van der Waals surface area contributed by atoms with Crippen molar-refractivity contribution in [3.63, 3.8) is 0 Å². The van der Waals surface area contributed by atoms with Gasteiger partial charge in [0.25, 0.3) is 5.91 Å². The van der Waals surface area contributed by atoms with Crippen molar-refractivity contribution in [1.29, 1.82) is 0 Å². The summed E-state index contributed by atoms with van der Waals surface area (Å²) in [4.78, 5) is 31.6. The summed E-state index contributed by atoms with van der Waals surface area (Å²) in [6, 6.07) is 12.4. The number of rotatable bonds is 7. The van der Waals surface area contributed by atoms with Gasteiger partial charge in [0.05, 0.1) is 6.04 Å². The predicted octanol–water partition coefficient (Wildman–Crippen LogP) is 4.67. The summed E-state index contributed by atoms with van der Waals surface area (Å²) in [5.74, 6) is 0.926. The van der Waals surface area contributed by atoms with E-state index in [1.54, 1.807) is 51.5 Å². The highest BCUT2D eigenvalue weighted by atomic mass is 32.1. The first kappa shape index (κ1) is 24.1. The SMILES string of the molecule is CC(C)N(CC(=O)N1CCc2sccc2C1COc1ccc(F)cc1)C(=O)c1ccc2c(c1)OCO2. The molecule has 0 aliphatic carbocycles. The Hall–Kier alpha value is -3.59. The number of carbonyl (C=O) groups excluding carboxylic acids is 2. The van der Waals surface area contributed by atoms with Crippen molar-refractivity contribution < 1.29 is 28.2 Å². The normalized spacial score (nSPS) is 16.1. The fourth-order valence-corrected chi connectivity index (χ4v) is 5.43. The van der Waals surface area contributed by atoms with Crippen LogP contribution in [-0.4, -0.2) is 54.1 Å². The smallest absolute Gasteiger partial charge is 0.254 e. The molecule has 0 spiro atoms. The maximum Gasteiger partial charge on any atom is 0.254 e. The second-order valence-electron chi connectivity index (χ2n) is 9.01. The van der Waals surface area contributed by atoms with Crippen LogP contribution in [0.25, 0.3) is 0 Å². The average Bonchev–Trinajstić information content (AvgIpc) is 3.55. The molecule has 1 unspecified atom stereocenters. The lowest BCUT2D eigenvalue weighted by Crippen LogP contribution is -2.49. The van der Waals surface area contributed by atoms with Crippen molar-refractivity contribution in [2.24, 2.45) is 0 Å². The van der Waals surface area contributed by atoms with Crippen LogP contribution < -0.4 is 14.2 Å². The molecule has 2 aliphatic heterocycles. The standard InChI is InChI=1S/C27H27FN2O5S/c1-17(2)30(27(32)18-3-8-23-24(13-18)35-16-34-23)14-26(31)29-11-9-25-21(10-12-36-25)22(29)15-33-20-6-4-19(28)5-7-20/h3-8,10,12-13,17,22H,9,11,14-16H2,1-2H3. The Balaban J connectivity index is 1.34. The molecule has 7 nitrogen and oxygen atoms in total. The van der Waals surface area contributed by atoms with Crippen molar-refractivity contribution in [2.75, 3.05) is 26.5 Å². The van der Waals surface area contributed by atoms with Crippen molar-refractivity contribution in [3.05, 3.63) is 75.7 Å². The number of ether oxygens (including phenoxy) is 3. The monoisotopic (exact) mass is 510 g/mol. The molecule has 0 N–H and O–H groups in total. The number of hydrogen-bond donors (Lipinski definition) is 0. The molecule has 0 fully saturated rings. The minimum Gasteiger partial charge on any atom is -0.491 e. The van der Waals surface area contributed by atoms with Gasteiger partial charge in [-0.2, -0.15) is 0 Å². The zero-order chi connectivity index (χ0) is 25.2. The molecule has 3 heterocycles. The maximum absolute atomic E-state index is 13.6. The first-order valence-corrected chi connectivity index (χ1v) is 12.7. The second kappa shape index (κ2) is 10.2. The van der Waals surface area contributed by atoms with Crippen LogP contribution >= 0.6 is 11.3 Å². The second-order valence-corrected chi connectivity index (χ2v) is 10.0. The molecule has 3 aromatic rings. The summed E-state index contributed by atoms with van der Waals surface area (Å²) in [7, 11) is 0. The molecule has 0 radical (unpaired) electrons. The van der Waals surface area contributed by atoms with Gasteiger partial charge in [-0.3, -0.25) is 9.59 Å². The Kier molecular flexibility index (Phi) is 6.82. The molecular formula is C27H27FN2O5S. The van der Waals surface area contributed by atoms with Crippen molar-refractivity contribution in [1.82, 2.24) is 9.80 Å². The Bertz CT molecular complexity index is 1260. The summed E-state index contributed by atoms with van der Waals surface area (Å²) in [5.41, 5.74) is 1.50. The number of amides is 2. The molecule has 1 aromatic heterocycles. The lowest BCUT2D eigenvalue weighted by atomic mass is 10.00. The lowest BCUT2D eigenvalue weighted by molar-refractivity contribution is -0.136. The molecule has 5 rings (SSSR count). The highest BCUT2D eigenvalue weighted by molar-refractivity contribution is 7.10. The number of hydrogen-bond acceptors (Lipinski definition) is 6. The van der Waals surface area contributed by atoms with Crippen molar-refractivity contribution in [2.45, 2.75) is 32.4 Å². The van der Waals surface area contributed by atoms with E-state index in [9.17, 15) is 14.0 Å². The molecule has 2 aromatic carbocycles. The van der Waals surface area contributed by atoms with Gasteiger partial charge in [-0.25, -0.2) is 4.39 Å². The van der Waals surface area contributed by atoms with E-state index < -0.39 is 0 Å². The first-order chi connectivity index (χ1) is 17.4. The van der Waals surface area contributed by atoms with Crippen LogP contribution in [0.5, 0.6) is 17.2 Å². The summed E-state index contributed by atoms with van der Waals surface area (Å²) >= 11 is 1.67. The largest absolute Gasteiger partial charge is 0.491 e. The number of nitrogens with zero attached hydrogens (tertiary/aromatic N) is 2. The summed E-state index contributed by atoms with van der Waals surface area (Å²) in [6.45, 7) is 4.62. The summed E-state index contributed by atoms with van der Waals surface area (Å²) in [5, 5.41) is 2.02. The summed E-state index contributed by atoms with van der Waals surface area (Å²) in [6.07, 6.45) is 0.754. The topological polar surface area (TPSA) is 68.3 Å². The average molecular weight is 511 g/mol. The van der Waals surface area contributed by atoms with Gasteiger partial charge in [-0.05, 0) is 79.7 Å². The third-order valence-electron chi connectivity index (χ3n) is 6.45. The van der Waals surface area contributed by atoms with Crippen LogP contribution in [0.2, 0.25) is 0 Å². The fraction of sp³-hybridized carbons (Fsp3) is 0.333. The molecule has 1 atom stereocenters. The predicted molar refractivity (Wildman–Crippen MR) is 133 cm³/mol. The van der Waals surface area contributed by atoms with Crippen LogP contribution in [-0.2, 0) is 11.2 Å². The number of carbonyl (C=O) groups is 2. The van der Waals surface area contributed by atoms with Crippen LogP contribution in [0.3, 0.4) is 0 Å². The van der Waals surface area contributed by atoms with Gasteiger partial charge >= 0.3 is 0 Å². The van der Waals surface area contributed by atoms with Crippen LogP contribution in [0.1, 0.15) is 40.7 Å². The Labute approximate surface area is 213 Å². The number of fused-ring (bicyclic) bond motifs is 2. The number of benzene rings is 2. The zero-order valence-electron chi connectivity index (χ0n) is 20.1. The van der Waals surface area contributed by atoms with E-state index in [2.05, 4.69) is 0 Å². The van der Waals surface area contributed by atoms with Crippen molar-refractivity contribution in [3.8, 4) is 17.2 Å². The summed E-state index contributed by atoms with van der Waals surface area (Å²) < 4.78 is 30.0. The third kappa shape index (κ3) is 4.88. The molecule has 9 heteroatoms. The third-order valence-corrected chi connectivity index (χ3v) is 7.44. The molecule has 2 amide bonds.